The van der Waals surface area contributed by atoms with Gasteiger partial charge in [0.15, 0.2) is 24.6 Å². The van der Waals surface area contributed by atoms with Crippen LogP contribution < -0.4 is 16.4 Å². The van der Waals surface area contributed by atoms with Gasteiger partial charge in [0.1, 0.15) is 24.2 Å². The lowest BCUT2D eigenvalue weighted by molar-refractivity contribution is -0.0933. The molecule has 0 spiro atoms. The molecule has 3 heterocycles. The summed E-state index contributed by atoms with van der Waals surface area (Å²) in [5.74, 6) is -2.09. The van der Waals surface area contributed by atoms with Crippen molar-refractivity contribution in [2.24, 2.45) is 10.7 Å². The molecule has 0 aromatic heterocycles. The Labute approximate surface area is 251 Å². The van der Waals surface area contributed by atoms with Crippen LogP contribution in [0.2, 0.25) is 0 Å². The van der Waals surface area contributed by atoms with Gasteiger partial charge in [-0.05, 0) is 36.4 Å². The van der Waals surface area contributed by atoms with E-state index >= 15 is 0 Å². The standard InChI is InChI=1S/C31H27N5O8/c32-25-22-26(34-17-33-22)36(31(40)35-25)27-24(44-30(39)20-14-8-3-9-15-20)23(43-29(38)19-12-6-2-7-13-19)21(42-27)16-41-28(37)18-10-4-1-5-11-18/h1-15,17,21,23-24,26-27H,16,32H2,(H,33,34)(H,35,40). The Kier molecular flexibility index (Phi) is 7.93. The molecule has 13 heteroatoms. The Morgan fingerprint density at radius 2 is 1.32 bits per heavy atom. The van der Waals surface area contributed by atoms with Crippen molar-refractivity contribution in [1.29, 1.82) is 0 Å². The second kappa shape index (κ2) is 12.3. The van der Waals surface area contributed by atoms with E-state index in [2.05, 4.69) is 15.6 Å². The maximum Gasteiger partial charge on any atom is 0.338 e. The molecule has 3 aliphatic heterocycles. The van der Waals surface area contributed by atoms with Crippen LogP contribution in [0, 0.1) is 0 Å². The quantitative estimate of drug-likeness (QED) is 0.258. The first kappa shape index (κ1) is 28.4. The van der Waals surface area contributed by atoms with Crippen molar-refractivity contribution >= 4 is 30.3 Å². The van der Waals surface area contributed by atoms with Crippen LogP contribution in [-0.2, 0) is 18.9 Å². The van der Waals surface area contributed by atoms with E-state index in [1.165, 1.54) is 11.2 Å². The zero-order chi connectivity index (χ0) is 30.6. The number of nitrogens with two attached hydrogens (primary N) is 1. The lowest BCUT2D eigenvalue weighted by Gasteiger charge is -2.38. The zero-order valence-electron chi connectivity index (χ0n) is 23.1. The first-order chi connectivity index (χ1) is 21.4. The molecule has 0 radical (unpaired) electrons. The molecule has 3 aromatic carbocycles. The van der Waals surface area contributed by atoms with E-state index in [-0.39, 0.29) is 16.9 Å². The van der Waals surface area contributed by atoms with E-state index in [9.17, 15) is 19.2 Å². The smallest absolute Gasteiger partial charge is 0.338 e. The van der Waals surface area contributed by atoms with Gasteiger partial charge in [0.25, 0.3) is 0 Å². The fraction of sp³-hybridized carbons (Fsp3) is 0.194. The van der Waals surface area contributed by atoms with Crippen molar-refractivity contribution in [1.82, 2.24) is 15.5 Å². The molecule has 3 aromatic rings. The van der Waals surface area contributed by atoms with Gasteiger partial charge in [0.05, 0.1) is 23.0 Å². The van der Waals surface area contributed by atoms with Gasteiger partial charge in [0.2, 0.25) is 0 Å². The second-order valence-corrected chi connectivity index (χ2v) is 9.96. The van der Waals surface area contributed by atoms with E-state index in [0.717, 1.165) is 0 Å². The first-order valence-electron chi connectivity index (χ1n) is 13.7. The lowest BCUT2D eigenvalue weighted by atomic mass is 10.1. The zero-order valence-corrected chi connectivity index (χ0v) is 23.1. The number of benzene rings is 3. The van der Waals surface area contributed by atoms with E-state index in [0.29, 0.717) is 11.3 Å². The number of rotatable bonds is 8. The maximum atomic E-state index is 13.4. The number of carbonyl (C=O) groups is 4. The van der Waals surface area contributed by atoms with Gasteiger partial charge in [-0.1, -0.05) is 54.6 Å². The van der Waals surface area contributed by atoms with Gasteiger partial charge < -0.3 is 30.0 Å². The summed E-state index contributed by atoms with van der Waals surface area (Å²) in [4.78, 5) is 58.3. The fourth-order valence-electron chi connectivity index (χ4n) is 5.05. The number of carbonyl (C=O) groups excluding carboxylic acids is 4. The molecule has 1 saturated heterocycles. The minimum atomic E-state index is -1.38. The molecule has 3 aliphatic rings. The highest BCUT2D eigenvalue weighted by molar-refractivity contribution is 5.91. The molecule has 6 rings (SSSR count). The normalized spacial score (nSPS) is 23.8. The Hall–Kier alpha value is -5.69. The SMILES string of the molecule is NC1=C2NC=NC2N(C2OC(COC(=O)c3ccccc3)C(OC(=O)c3ccccc3)C2OC(=O)c2ccccc2)C(=O)N1. The van der Waals surface area contributed by atoms with E-state index < -0.39 is 61.3 Å². The van der Waals surface area contributed by atoms with Gasteiger partial charge in [-0.25, -0.2) is 24.2 Å². The number of esters is 3. The molecule has 13 nitrogen and oxygen atoms in total. The van der Waals surface area contributed by atoms with Crippen molar-refractivity contribution in [3.8, 4) is 0 Å². The molecular weight excluding hydrogens is 570 g/mol. The molecule has 5 atom stereocenters. The monoisotopic (exact) mass is 597 g/mol. The molecule has 1 fully saturated rings. The molecule has 44 heavy (non-hydrogen) atoms. The number of nitrogens with zero attached hydrogens (tertiary/aromatic N) is 2. The van der Waals surface area contributed by atoms with Crippen molar-refractivity contribution in [3.63, 3.8) is 0 Å². The van der Waals surface area contributed by atoms with Crippen LogP contribution in [0.3, 0.4) is 0 Å². The third-order valence-corrected chi connectivity index (χ3v) is 7.18. The summed E-state index contributed by atoms with van der Waals surface area (Å²) in [6, 6.07) is 23.9. The van der Waals surface area contributed by atoms with E-state index in [1.54, 1.807) is 91.0 Å². The van der Waals surface area contributed by atoms with Crippen LogP contribution in [0.1, 0.15) is 31.1 Å². The van der Waals surface area contributed by atoms with Gasteiger partial charge in [-0.2, -0.15) is 0 Å². The number of aliphatic imine (C=N–C) groups is 1. The van der Waals surface area contributed by atoms with E-state index in [1.807, 2.05) is 0 Å². The summed E-state index contributed by atoms with van der Waals surface area (Å²) in [5.41, 5.74) is 7.11. The molecular formula is C31H27N5O8. The number of hydrogen-bond donors (Lipinski definition) is 3. The molecule has 224 valence electrons. The highest BCUT2D eigenvalue weighted by atomic mass is 16.7. The summed E-state index contributed by atoms with van der Waals surface area (Å²) in [6.07, 6.45) is -4.79. The third kappa shape index (κ3) is 5.68. The number of urea groups is 1. The highest BCUT2D eigenvalue weighted by Gasteiger charge is 2.56. The van der Waals surface area contributed by atoms with Gasteiger partial charge in [-0.15, -0.1) is 0 Å². The summed E-state index contributed by atoms with van der Waals surface area (Å²) < 4.78 is 23.7. The van der Waals surface area contributed by atoms with Crippen molar-refractivity contribution in [2.45, 2.75) is 30.7 Å². The average Bonchev–Trinajstić information content (AvgIpc) is 3.67. The minimum absolute atomic E-state index is 0.0602. The number of nitrogens with one attached hydrogen (secondary N) is 2. The van der Waals surface area contributed by atoms with Gasteiger partial charge in [-0.3, -0.25) is 10.2 Å². The Bertz CT molecular complexity index is 1620. The molecule has 2 amide bonds. The van der Waals surface area contributed by atoms with E-state index in [4.69, 9.17) is 24.7 Å². The maximum absolute atomic E-state index is 13.4. The van der Waals surface area contributed by atoms with Crippen LogP contribution in [0.5, 0.6) is 0 Å². The molecule has 0 aliphatic carbocycles. The van der Waals surface area contributed by atoms with Crippen LogP contribution >= 0.6 is 0 Å². The van der Waals surface area contributed by atoms with Crippen LogP contribution in [0.15, 0.2) is 108 Å². The summed E-state index contributed by atoms with van der Waals surface area (Å²) in [7, 11) is 0. The molecule has 0 saturated carbocycles. The summed E-state index contributed by atoms with van der Waals surface area (Å²) in [5, 5.41) is 5.43. The second-order valence-electron chi connectivity index (χ2n) is 9.96. The van der Waals surface area contributed by atoms with Crippen LogP contribution in [0.4, 0.5) is 4.79 Å². The third-order valence-electron chi connectivity index (χ3n) is 7.18. The van der Waals surface area contributed by atoms with Gasteiger partial charge >= 0.3 is 23.9 Å². The van der Waals surface area contributed by atoms with Crippen LogP contribution in [0.25, 0.3) is 0 Å². The predicted octanol–water partition coefficient (Wildman–Crippen LogP) is 2.13. The number of amides is 2. The van der Waals surface area contributed by atoms with Crippen molar-refractivity contribution in [3.05, 3.63) is 119 Å². The van der Waals surface area contributed by atoms with Gasteiger partial charge in [0, 0.05) is 0 Å². The van der Waals surface area contributed by atoms with Crippen molar-refractivity contribution in [2.75, 3.05) is 6.61 Å². The average molecular weight is 598 g/mol. The first-order valence-corrected chi connectivity index (χ1v) is 13.7. The Morgan fingerprint density at radius 1 is 0.795 bits per heavy atom. The summed E-state index contributed by atoms with van der Waals surface area (Å²) >= 11 is 0. The number of fused-ring (bicyclic) bond motifs is 1. The Morgan fingerprint density at radius 3 is 1.89 bits per heavy atom. The molecule has 4 N–H and O–H groups in total. The minimum Gasteiger partial charge on any atom is -0.459 e. The fourth-order valence-corrected chi connectivity index (χ4v) is 5.05. The van der Waals surface area contributed by atoms with Crippen molar-refractivity contribution < 1.29 is 38.1 Å². The highest BCUT2D eigenvalue weighted by Crippen LogP contribution is 2.35. The predicted molar refractivity (Wildman–Crippen MR) is 154 cm³/mol. The topological polar surface area (TPSA) is 171 Å². The number of ether oxygens (including phenoxy) is 4. The number of hydrogen-bond acceptors (Lipinski definition) is 11. The largest absolute Gasteiger partial charge is 0.459 e. The lowest BCUT2D eigenvalue weighted by Crippen LogP contribution is -2.60. The molecule has 5 unspecified atom stereocenters. The summed E-state index contributed by atoms with van der Waals surface area (Å²) in [6.45, 7) is -0.400. The Balaban J connectivity index is 1.35. The molecule has 0 bridgehead atoms. The van der Waals surface area contributed by atoms with Crippen LogP contribution in [-0.4, -0.2) is 72.5 Å².